The van der Waals surface area contributed by atoms with E-state index in [-0.39, 0.29) is 18.6 Å². The number of ether oxygens (including phenoxy) is 1. The standard InChI is InChI=1S/C13H17ClN2O2/c1-9-6-11(2-3-12(9)14)18-8-13(17)16-5-4-10(15)7-16/h2-3,6,10H,4-5,7-8,15H2,1H3. The van der Waals surface area contributed by atoms with Gasteiger partial charge in [-0.05, 0) is 37.1 Å². The molecule has 98 valence electrons. The molecule has 1 aliphatic rings. The number of benzene rings is 1. The fraction of sp³-hybridized carbons (Fsp3) is 0.462. The molecule has 2 rings (SSSR count). The lowest BCUT2D eigenvalue weighted by Crippen LogP contribution is -2.35. The van der Waals surface area contributed by atoms with Gasteiger partial charge in [0.25, 0.3) is 5.91 Å². The van der Waals surface area contributed by atoms with Crippen molar-refractivity contribution in [3.63, 3.8) is 0 Å². The Morgan fingerprint density at radius 3 is 3.00 bits per heavy atom. The number of likely N-dealkylation sites (tertiary alicyclic amines) is 1. The molecule has 4 nitrogen and oxygen atoms in total. The maximum Gasteiger partial charge on any atom is 0.260 e. The molecule has 1 aliphatic heterocycles. The van der Waals surface area contributed by atoms with Gasteiger partial charge in [0.15, 0.2) is 6.61 Å². The van der Waals surface area contributed by atoms with E-state index < -0.39 is 0 Å². The number of amides is 1. The molecule has 1 fully saturated rings. The van der Waals surface area contributed by atoms with E-state index in [1.165, 1.54) is 0 Å². The summed E-state index contributed by atoms with van der Waals surface area (Å²) in [6.07, 6.45) is 0.867. The van der Waals surface area contributed by atoms with E-state index in [1.807, 2.05) is 13.0 Å². The largest absolute Gasteiger partial charge is 0.484 e. The van der Waals surface area contributed by atoms with Crippen molar-refractivity contribution in [1.29, 1.82) is 0 Å². The highest BCUT2D eigenvalue weighted by Crippen LogP contribution is 2.21. The van der Waals surface area contributed by atoms with Crippen molar-refractivity contribution < 1.29 is 9.53 Å². The molecule has 1 atom stereocenters. The van der Waals surface area contributed by atoms with E-state index in [1.54, 1.807) is 17.0 Å². The number of hydrogen-bond acceptors (Lipinski definition) is 3. The van der Waals surface area contributed by atoms with E-state index in [0.29, 0.717) is 17.3 Å². The molecule has 2 N–H and O–H groups in total. The summed E-state index contributed by atoms with van der Waals surface area (Å²) in [6, 6.07) is 5.46. The van der Waals surface area contributed by atoms with Gasteiger partial charge in [0.05, 0.1) is 0 Å². The minimum atomic E-state index is -0.0180. The normalized spacial score (nSPS) is 19.1. The summed E-state index contributed by atoms with van der Waals surface area (Å²) in [5, 5.41) is 0.694. The summed E-state index contributed by atoms with van der Waals surface area (Å²) in [4.78, 5) is 13.6. The van der Waals surface area contributed by atoms with Crippen molar-refractivity contribution in [3.05, 3.63) is 28.8 Å². The average Bonchev–Trinajstić information content (AvgIpc) is 2.77. The molecular weight excluding hydrogens is 252 g/mol. The SMILES string of the molecule is Cc1cc(OCC(=O)N2CCC(N)C2)ccc1Cl. The van der Waals surface area contributed by atoms with Gasteiger partial charge in [-0.2, -0.15) is 0 Å². The molecule has 5 heteroatoms. The first kappa shape index (κ1) is 13.2. The molecule has 1 saturated heterocycles. The molecule has 1 heterocycles. The molecule has 0 bridgehead atoms. The van der Waals surface area contributed by atoms with Gasteiger partial charge >= 0.3 is 0 Å². The molecule has 0 radical (unpaired) electrons. The number of rotatable bonds is 3. The summed E-state index contributed by atoms with van der Waals surface area (Å²) in [6.45, 7) is 3.30. The predicted octanol–water partition coefficient (Wildman–Crippen LogP) is 1.59. The van der Waals surface area contributed by atoms with E-state index in [4.69, 9.17) is 22.1 Å². The minimum absolute atomic E-state index is 0.0180. The molecule has 0 aliphatic carbocycles. The van der Waals surface area contributed by atoms with Gasteiger partial charge in [0, 0.05) is 24.2 Å². The minimum Gasteiger partial charge on any atom is -0.484 e. The number of hydrogen-bond donors (Lipinski definition) is 1. The third-order valence-electron chi connectivity index (χ3n) is 3.07. The Morgan fingerprint density at radius 2 is 2.39 bits per heavy atom. The van der Waals surface area contributed by atoms with Crippen LogP contribution in [0.25, 0.3) is 0 Å². The van der Waals surface area contributed by atoms with Crippen LogP contribution < -0.4 is 10.5 Å². The van der Waals surface area contributed by atoms with Crippen molar-refractivity contribution in [2.75, 3.05) is 19.7 Å². The first-order valence-corrected chi connectivity index (χ1v) is 6.36. The second-order valence-corrected chi connectivity index (χ2v) is 5.00. The van der Waals surface area contributed by atoms with Gasteiger partial charge in [0.2, 0.25) is 0 Å². The fourth-order valence-corrected chi connectivity index (χ4v) is 2.07. The third kappa shape index (κ3) is 3.15. The zero-order chi connectivity index (χ0) is 13.1. The van der Waals surface area contributed by atoms with Gasteiger partial charge in [-0.3, -0.25) is 4.79 Å². The molecule has 0 spiro atoms. The zero-order valence-electron chi connectivity index (χ0n) is 10.4. The topological polar surface area (TPSA) is 55.6 Å². The molecule has 1 aromatic carbocycles. The second kappa shape index (κ2) is 5.59. The molecule has 0 aromatic heterocycles. The van der Waals surface area contributed by atoms with Gasteiger partial charge in [-0.1, -0.05) is 11.6 Å². The number of nitrogens with zero attached hydrogens (tertiary/aromatic N) is 1. The van der Waals surface area contributed by atoms with Crippen molar-refractivity contribution in [1.82, 2.24) is 4.90 Å². The lowest BCUT2D eigenvalue weighted by atomic mass is 10.2. The fourth-order valence-electron chi connectivity index (χ4n) is 1.96. The first-order valence-electron chi connectivity index (χ1n) is 5.98. The lowest BCUT2D eigenvalue weighted by Gasteiger charge is -2.16. The number of carbonyl (C=O) groups excluding carboxylic acids is 1. The van der Waals surface area contributed by atoms with E-state index in [2.05, 4.69) is 0 Å². The smallest absolute Gasteiger partial charge is 0.260 e. The van der Waals surface area contributed by atoms with Crippen LogP contribution in [-0.2, 0) is 4.79 Å². The Balaban J connectivity index is 1.87. The Morgan fingerprint density at radius 1 is 1.61 bits per heavy atom. The molecule has 18 heavy (non-hydrogen) atoms. The number of aryl methyl sites for hydroxylation is 1. The quantitative estimate of drug-likeness (QED) is 0.906. The van der Waals surface area contributed by atoms with Crippen LogP contribution in [0.5, 0.6) is 5.75 Å². The van der Waals surface area contributed by atoms with Gasteiger partial charge < -0.3 is 15.4 Å². The Labute approximate surface area is 112 Å². The Hall–Kier alpha value is -1.26. The van der Waals surface area contributed by atoms with Crippen LogP contribution in [0, 0.1) is 6.92 Å². The summed E-state index contributed by atoms with van der Waals surface area (Å²) >= 11 is 5.92. The van der Waals surface area contributed by atoms with Crippen molar-refractivity contribution in [2.45, 2.75) is 19.4 Å². The number of nitrogens with two attached hydrogens (primary N) is 1. The van der Waals surface area contributed by atoms with Crippen LogP contribution in [0.4, 0.5) is 0 Å². The molecule has 0 saturated carbocycles. The van der Waals surface area contributed by atoms with Crippen LogP contribution in [0.2, 0.25) is 5.02 Å². The van der Waals surface area contributed by atoms with Crippen LogP contribution in [0.1, 0.15) is 12.0 Å². The van der Waals surface area contributed by atoms with Gasteiger partial charge in [0.1, 0.15) is 5.75 Å². The second-order valence-electron chi connectivity index (χ2n) is 4.59. The third-order valence-corrected chi connectivity index (χ3v) is 3.49. The Kier molecular flexibility index (Phi) is 4.09. The van der Waals surface area contributed by atoms with Gasteiger partial charge in [-0.15, -0.1) is 0 Å². The maximum absolute atomic E-state index is 11.8. The van der Waals surface area contributed by atoms with Crippen molar-refractivity contribution in [3.8, 4) is 5.75 Å². The summed E-state index contributed by atoms with van der Waals surface area (Å²) in [5.41, 5.74) is 6.69. The average molecular weight is 269 g/mol. The zero-order valence-corrected chi connectivity index (χ0v) is 11.1. The molecular formula is C13H17ClN2O2. The van der Waals surface area contributed by atoms with E-state index >= 15 is 0 Å². The maximum atomic E-state index is 11.8. The van der Waals surface area contributed by atoms with Crippen LogP contribution in [0.15, 0.2) is 18.2 Å². The summed E-state index contributed by atoms with van der Waals surface area (Å²) in [5.74, 6) is 0.643. The summed E-state index contributed by atoms with van der Waals surface area (Å²) in [7, 11) is 0. The lowest BCUT2D eigenvalue weighted by molar-refractivity contribution is -0.132. The highest BCUT2D eigenvalue weighted by molar-refractivity contribution is 6.31. The monoisotopic (exact) mass is 268 g/mol. The van der Waals surface area contributed by atoms with Gasteiger partial charge in [-0.25, -0.2) is 0 Å². The summed E-state index contributed by atoms with van der Waals surface area (Å²) < 4.78 is 5.46. The predicted molar refractivity (Wildman–Crippen MR) is 70.9 cm³/mol. The number of carbonyl (C=O) groups is 1. The van der Waals surface area contributed by atoms with E-state index in [0.717, 1.165) is 18.5 Å². The van der Waals surface area contributed by atoms with E-state index in [9.17, 15) is 4.79 Å². The van der Waals surface area contributed by atoms with Crippen molar-refractivity contribution >= 4 is 17.5 Å². The van der Waals surface area contributed by atoms with Crippen LogP contribution >= 0.6 is 11.6 Å². The molecule has 1 aromatic rings. The van der Waals surface area contributed by atoms with Crippen molar-refractivity contribution in [2.24, 2.45) is 5.73 Å². The van der Waals surface area contributed by atoms with Crippen LogP contribution in [-0.4, -0.2) is 36.5 Å². The van der Waals surface area contributed by atoms with Crippen LogP contribution in [0.3, 0.4) is 0 Å². The highest BCUT2D eigenvalue weighted by atomic mass is 35.5. The molecule has 1 amide bonds. The Bertz CT molecular complexity index is 451. The molecule has 1 unspecified atom stereocenters. The first-order chi connectivity index (χ1) is 8.56. The highest BCUT2D eigenvalue weighted by Gasteiger charge is 2.23. The number of halogens is 1.